The average Bonchev–Trinajstić information content (AvgIpc) is 3.46. The van der Waals surface area contributed by atoms with Crippen LogP contribution in [0.25, 0.3) is 21.8 Å². The lowest BCUT2D eigenvalue weighted by molar-refractivity contribution is 0.00854. The van der Waals surface area contributed by atoms with Gasteiger partial charge < -0.3 is 14.4 Å². The SMILES string of the molecule is Cn1c2ccccc2c2ccc(C(=O)N3CC(N4CCN(C(=O)c5nccs5)CC4)C3)cc21. The third-order valence-electron chi connectivity index (χ3n) is 7.04. The Hall–Kier alpha value is -3.23. The molecule has 2 amide bonds. The summed E-state index contributed by atoms with van der Waals surface area (Å²) in [5, 5.41) is 4.79. The molecule has 168 valence electrons. The summed E-state index contributed by atoms with van der Waals surface area (Å²) >= 11 is 1.39. The number of likely N-dealkylation sites (tertiary alicyclic amines) is 1. The molecule has 7 nitrogen and oxygen atoms in total. The van der Waals surface area contributed by atoms with Crippen LogP contribution in [0.4, 0.5) is 0 Å². The molecule has 8 heteroatoms. The Kier molecular flexibility index (Phi) is 4.92. The maximum absolute atomic E-state index is 13.1. The first-order valence-electron chi connectivity index (χ1n) is 11.3. The molecular formula is C25H25N5O2S. The summed E-state index contributed by atoms with van der Waals surface area (Å²) in [6.45, 7) is 4.58. The van der Waals surface area contributed by atoms with Crippen LogP contribution in [-0.2, 0) is 7.05 Å². The smallest absolute Gasteiger partial charge is 0.282 e. The summed E-state index contributed by atoms with van der Waals surface area (Å²) in [5.74, 6) is 0.120. The number of aromatic nitrogens is 2. The summed E-state index contributed by atoms with van der Waals surface area (Å²) in [4.78, 5) is 36.0. The van der Waals surface area contributed by atoms with Gasteiger partial charge in [0.15, 0.2) is 5.01 Å². The molecule has 2 fully saturated rings. The number of hydrogen-bond acceptors (Lipinski definition) is 5. The topological polar surface area (TPSA) is 61.7 Å². The Labute approximate surface area is 195 Å². The monoisotopic (exact) mass is 459 g/mol. The Morgan fingerprint density at radius 1 is 0.909 bits per heavy atom. The highest BCUT2D eigenvalue weighted by molar-refractivity contribution is 7.11. The second-order valence-corrected chi connectivity index (χ2v) is 9.73. The maximum atomic E-state index is 13.1. The number of para-hydroxylation sites is 1. The predicted octanol–water partition coefficient (Wildman–Crippen LogP) is 3.07. The van der Waals surface area contributed by atoms with E-state index in [1.807, 2.05) is 33.4 Å². The molecule has 0 saturated carbocycles. The second kappa shape index (κ2) is 7.97. The van der Waals surface area contributed by atoms with Crippen molar-refractivity contribution in [3.63, 3.8) is 0 Å². The highest BCUT2D eigenvalue weighted by atomic mass is 32.1. The Morgan fingerprint density at radius 2 is 1.67 bits per heavy atom. The van der Waals surface area contributed by atoms with Crippen molar-refractivity contribution >= 4 is 45.0 Å². The largest absolute Gasteiger partial charge is 0.344 e. The fraction of sp³-hybridized carbons (Fsp3) is 0.320. The van der Waals surface area contributed by atoms with E-state index in [9.17, 15) is 9.59 Å². The molecule has 2 aromatic heterocycles. The van der Waals surface area contributed by atoms with Crippen LogP contribution in [0.1, 0.15) is 20.2 Å². The quantitative estimate of drug-likeness (QED) is 0.473. The van der Waals surface area contributed by atoms with Crippen molar-refractivity contribution < 1.29 is 9.59 Å². The first-order chi connectivity index (χ1) is 16.1. The molecular weight excluding hydrogens is 434 g/mol. The maximum Gasteiger partial charge on any atom is 0.282 e. The van der Waals surface area contributed by atoms with Crippen molar-refractivity contribution in [2.24, 2.45) is 7.05 Å². The van der Waals surface area contributed by atoms with Gasteiger partial charge in [0.25, 0.3) is 11.8 Å². The molecule has 0 atom stereocenters. The van der Waals surface area contributed by atoms with Crippen molar-refractivity contribution in [3.8, 4) is 0 Å². The van der Waals surface area contributed by atoms with E-state index in [1.165, 1.54) is 27.6 Å². The lowest BCUT2D eigenvalue weighted by atomic mass is 10.0. The van der Waals surface area contributed by atoms with E-state index in [0.29, 0.717) is 24.1 Å². The zero-order valence-electron chi connectivity index (χ0n) is 18.5. The molecule has 0 unspecified atom stereocenters. The fourth-order valence-electron chi connectivity index (χ4n) is 5.08. The number of rotatable bonds is 3. The van der Waals surface area contributed by atoms with E-state index < -0.39 is 0 Å². The van der Waals surface area contributed by atoms with Crippen molar-refractivity contribution in [3.05, 3.63) is 64.6 Å². The van der Waals surface area contributed by atoms with E-state index in [1.54, 1.807) is 6.20 Å². The minimum absolute atomic E-state index is 0.0267. The van der Waals surface area contributed by atoms with Gasteiger partial charge in [-0.3, -0.25) is 14.5 Å². The van der Waals surface area contributed by atoms with Crippen molar-refractivity contribution in [2.75, 3.05) is 39.3 Å². The molecule has 2 aromatic carbocycles. The number of aryl methyl sites for hydroxylation is 1. The summed E-state index contributed by atoms with van der Waals surface area (Å²) in [5.41, 5.74) is 3.00. The minimum Gasteiger partial charge on any atom is -0.344 e. The fourth-order valence-corrected chi connectivity index (χ4v) is 5.68. The van der Waals surface area contributed by atoms with Gasteiger partial charge in [0.05, 0.1) is 0 Å². The van der Waals surface area contributed by atoms with E-state index in [0.717, 1.165) is 37.3 Å². The standard InChI is InChI=1S/C25H25N5O2S/c1-27-21-5-3-2-4-19(21)20-7-6-17(14-22(20)27)24(31)30-15-18(16-30)28-9-11-29(12-10-28)25(32)23-26-8-13-33-23/h2-8,13-14,18H,9-12,15-16H2,1H3. The van der Waals surface area contributed by atoms with Gasteiger partial charge in [-0.15, -0.1) is 11.3 Å². The third-order valence-corrected chi connectivity index (χ3v) is 7.81. The van der Waals surface area contributed by atoms with Crippen LogP contribution in [0.2, 0.25) is 0 Å². The zero-order valence-corrected chi connectivity index (χ0v) is 19.3. The van der Waals surface area contributed by atoms with E-state index >= 15 is 0 Å². The molecule has 6 rings (SSSR count). The van der Waals surface area contributed by atoms with Crippen molar-refractivity contribution in [1.29, 1.82) is 0 Å². The average molecular weight is 460 g/mol. The number of nitrogens with zero attached hydrogens (tertiary/aromatic N) is 5. The summed E-state index contributed by atoms with van der Waals surface area (Å²) in [7, 11) is 2.05. The van der Waals surface area contributed by atoms with Gasteiger partial charge in [-0.05, 0) is 18.2 Å². The number of benzene rings is 2. The lowest BCUT2D eigenvalue weighted by Crippen LogP contribution is -2.64. The van der Waals surface area contributed by atoms with Crippen LogP contribution in [0.15, 0.2) is 54.0 Å². The van der Waals surface area contributed by atoms with E-state index in [2.05, 4.69) is 45.8 Å². The van der Waals surface area contributed by atoms with Gasteiger partial charge in [0, 0.05) is 91.3 Å². The number of carbonyl (C=O) groups excluding carboxylic acids is 2. The summed E-state index contributed by atoms with van der Waals surface area (Å²) in [6.07, 6.45) is 1.67. The van der Waals surface area contributed by atoms with Crippen LogP contribution >= 0.6 is 11.3 Å². The molecule has 0 N–H and O–H groups in total. The molecule has 2 aliphatic rings. The zero-order chi connectivity index (χ0) is 22.5. The number of amides is 2. The number of piperazine rings is 1. The van der Waals surface area contributed by atoms with Crippen LogP contribution in [-0.4, -0.2) is 81.4 Å². The highest BCUT2D eigenvalue weighted by Gasteiger charge is 2.37. The summed E-state index contributed by atoms with van der Waals surface area (Å²) < 4.78 is 2.16. The van der Waals surface area contributed by atoms with Gasteiger partial charge in [-0.25, -0.2) is 4.98 Å². The lowest BCUT2D eigenvalue weighted by Gasteiger charge is -2.48. The van der Waals surface area contributed by atoms with Crippen LogP contribution in [0.3, 0.4) is 0 Å². The van der Waals surface area contributed by atoms with Gasteiger partial charge in [0.1, 0.15) is 0 Å². The predicted molar refractivity (Wildman–Crippen MR) is 130 cm³/mol. The molecule has 4 heterocycles. The van der Waals surface area contributed by atoms with Gasteiger partial charge in [0.2, 0.25) is 0 Å². The third kappa shape index (κ3) is 3.41. The number of carbonyl (C=O) groups is 2. The first kappa shape index (κ1) is 20.4. The molecule has 0 radical (unpaired) electrons. The Bertz CT molecular complexity index is 1350. The highest BCUT2D eigenvalue weighted by Crippen LogP contribution is 2.29. The van der Waals surface area contributed by atoms with Crippen LogP contribution in [0, 0.1) is 0 Å². The number of hydrogen-bond donors (Lipinski definition) is 0. The van der Waals surface area contributed by atoms with Crippen LogP contribution in [0.5, 0.6) is 0 Å². The Morgan fingerprint density at radius 3 is 2.42 bits per heavy atom. The number of thiazole rings is 1. The first-order valence-corrected chi connectivity index (χ1v) is 12.2. The minimum atomic E-state index is 0.0267. The molecule has 33 heavy (non-hydrogen) atoms. The molecule has 2 saturated heterocycles. The number of fused-ring (bicyclic) bond motifs is 3. The summed E-state index contributed by atoms with van der Waals surface area (Å²) in [6, 6.07) is 14.7. The van der Waals surface area contributed by atoms with Gasteiger partial charge >= 0.3 is 0 Å². The molecule has 4 aromatic rings. The van der Waals surface area contributed by atoms with Crippen molar-refractivity contribution in [2.45, 2.75) is 6.04 Å². The van der Waals surface area contributed by atoms with Gasteiger partial charge in [-0.2, -0.15) is 0 Å². The molecule has 0 bridgehead atoms. The molecule has 0 spiro atoms. The Balaban J connectivity index is 1.09. The normalized spacial score (nSPS) is 17.6. The second-order valence-electron chi connectivity index (χ2n) is 8.84. The van der Waals surface area contributed by atoms with Crippen molar-refractivity contribution in [1.82, 2.24) is 24.3 Å². The molecule has 0 aliphatic carbocycles. The molecule has 2 aliphatic heterocycles. The van der Waals surface area contributed by atoms with Gasteiger partial charge in [-0.1, -0.05) is 24.3 Å². The van der Waals surface area contributed by atoms with Crippen LogP contribution < -0.4 is 0 Å². The van der Waals surface area contributed by atoms with E-state index in [4.69, 9.17) is 0 Å². The van der Waals surface area contributed by atoms with E-state index in [-0.39, 0.29) is 11.8 Å².